The number of hydrogen-bond donors (Lipinski definition) is 1. The quantitative estimate of drug-likeness (QED) is 0.848. The van der Waals surface area contributed by atoms with Crippen molar-refractivity contribution in [2.45, 2.75) is 6.04 Å². The molecule has 1 unspecified atom stereocenters. The molecule has 1 aliphatic heterocycles. The Morgan fingerprint density at radius 2 is 2.11 bits per heavy atom. The number of carbonyl (C=O) groups is 2. The first kappa shape index (κ1) is 13.7. The molecule has 3 amide bonds. The van der Waals surface area contributed by atoms with Gasteiger partial charge in [0, 0.05) is 37.8 Å². The number of hydrogen-bond acceptors (Lipinski definition) is 2. The number of piperazine rings is 1. The minimum absolute atomic E-state index is 0.195. The highest BCUT2D eigenvalue weighted by Crippen LogP contribution is 2.29. The van der Waals surface area contributed by atoms with Crippen LogP contribution in [0.2, 0.25) is 5.02 Å². The zero-order chi connectivity index (χ0) is 14.0. The Bertz CT molecular complexity index is 504. The first-order valence-corrected chi connectivity index (χ1v) is 6.40. The molecule has 0 spiro atoms. The molecule has 0 radical (unpaired) electrons. The van der Waals surface area contributed by atoms with E-state index in [1.807, 2.05) is 0 Å². The van der Waals surface area contributed by atoms with E-state index in [0.717, 1.165) is 0 Å². The maximum Gasteiger partial charge on any atom is 0.320 e. The molecule has 1 N–H and O–H groups in total. The normalized spacial score (nSPS) is 19.0. The van der Waals surface area contributed by atoms with Crippen molar-refractivity contribution in [3.8, 4) is 0 Å². The molecule has 0 aromatic heterocycles. The van der Waals surface area contributed by atoms with Gasteiger partial charge in [0.1, 0.15) is 6.04 Å². The second-order valence-corrected chi connectivity index (χ2v) is 4.99. The smallest absolute Gasteiger partial charge is 0.320 e. The van der Waals surface area contributed by atoms with Gasteiger partial charge in [-0.3, -0.25) is 4.79 Å². The summed E-state index contributed by atoms with van der Waals surface area (Å²) in [7, 11) is 3.33. The van der Waals surface area contributed by atoms with Crippen molar-refractivity contribution >= 4 is 23.5 Å². The molecule has 5 nitrogen and oxygen atoms in total. The Kier molecular flexibility index (Phi) is 3.95. The summed E-state index contributed by atoms with van der Waals surface area (Å²) in [6, 6.07) is 6.23. The van der Waals surface area contributed by atoms with E-state index < -0.39 is 6.04 Å². The van der Waals surface area contributed by atoms with Crippen LogP contribution in [0.5, 0.6) is 0 Å². The van der Waals surface area contributed by atoms with Crippen LogP contribution in [-0.4, -0.2) is 48.9 Å². The van der Waals surface area contributed by atoms with E-state index in [9.17, 15) is 9.59 Å². The van der Waals surface area contributed by atoms with Gasteiger partial charge >= 0.3 is 6.03 Å². The standard InChI is InChI=1S/C13H16ClN3O2/c1-16(2)13(19)17-8-7-15-12(18)11(17)9-5-3-4-6-10(9)14/h3-6,11H,7-8H2,1-2H3,(H,15,18). The molecule has 1 heterocycles. The van der Waals surface area contributed by atoms with Crippen molar-refractivity contribution in [3.05, 3.63) is 34.9 Å². The van der Waals surface area contributed by atoms with Gasteiger partial charge in [-0.05, 0) is 6.07 Å². The molecule has 0 aliphatic carbocycles. The maximum absolute atomic E-state index is 12.2. The van der Waals surface area contributed by atoms with Crippen LogP contribution in [0.3, 0.4) is 0 Å². The molecule has 1 fully saturated rings. The van der Waals surface area contributed by atoms with Gasteiger partial charge in [-0.2, -0.15) is 0 Å². The summed E-state index contributed by atoms with van der Waals surface area (Å²) in [5.41, 5.74) is 0.650. The molecular formula is C13H16ClN3O2. The van der Waals surface area contributed by atoms with E-state index in [2.05, 4.69) is 5.32 Å². The van der Waals surface area contributed by atoms with Crippen LogP contribution < -0.4 is 5.32 Å². The van der Waals surface area contributed by atoms with Gasteiger partial charge in [0.25, 0.3) is 0 Å². The van der Waals surface area contributed by atoms with Crippen LogP contribution in [0.15, 0.2) is 24.3 Å². The number of nitrogens with zero attached hydrogens (tertiary/aromatic N) is 2. The van der Waals surface area contributed by atoms with E-state index in [4.69, 9.17) is 11.6 Å². The van der Waals surface area contributed by atoms with Gasteiger partial charge in [0.2, 0.25) is 5.91 Å². The van der Waals surface area contributed by atoms with E-state index >= 15 is 0 Å². The zero-order valence-electron chi connectivity index (χ0n) is 10.9. The van der Waals surface area contributed by atoms with Crippen molar-refractivity contribution in [2.24, 2.45) is 0 Å². The number of halogens is 1. The molecule has 1 aliphatic rings. The average molecular weight is 282 g/mol. The first-order valence-electron chi connectivity index (χ1n) is 6.02. The summed E-state index contributed by atoms with van der Waals surface area (Å²) in [4.78, 5) is 27.3. The first-order chi connectivity index (χ1) is 9.02. The van der Waals surface area contributed by atoms with Gasteiger partial charge in [0.15, 0.2) is 0 Å². The fourth-order valence-corrected chi connectivity index (χ4v) is 2.37. The van der Waals surface area contributed by atoms with E-state index in [0.29, 0.717) is 23.7 Å². The monoisotopic (exact) mass is 281 g/mol. The second kappa shape index (κ2) is 5.48. The lowest BCUT2D eigenvalue weighted by Gasteiger charge is -2.37. The van der Waals surface area contributed by atoms with Gasteiger partial charge in [-0.25, -0.2) is 4.79 Å². The fraction of sp³-hybridized carbons (Fsp3) is 0.385. The van der Waals surface area contributed by atoms with Crippen molar-refractivity contribution in [1.29, 1.82) is 0 Å². The number of benzene rings is 1. The lowest BCUT2D eigenvalue weighted by Crippen LogP contribution is -2.54. The van der Waals surface area contributed by atoms with Gasteiger partial charge in [-0.15, -0.1) is 0 Å². The third kappa shape index (κ3) is 2.66. The van der Waals surface area contributed by atoms with Crippen LogP contribution >= 0.6 is 11.6 Å². The predicted molar refractivity (Wildman–Crippen MR) is 73.0 cm³/mol. The molecule has 1 aromatic carbocycles. The Balaban J connectivity index is 2.40. The minimum atomic E-state index is -0.669. The zero-order valence-corrected chi connectivity index (χ0v) is 11.6. The molecule has 1 atom stereocenters. The summed E-state index contributed by atoms with van der Waals surface area (Å²) >= 11 is 6.14. The molecule has 6 heteroatoms. The average Bonchev–Trinajstić information content (AvgIpc) is 2.38. The molecule has 0 saturated carbocycles. The number of nitrogens with one attached hydrogen (secondary N) is 1. The van der Waals surface area contributed by atoms with E-state index in [1.165, 1.54) is 4.90 Å². The third-order valence-corrected chi connectivity index (χ3v) is 3.38. The topological polar surface area (TPSA) is 52.7 Å². The van der Waals surface area contributed by atoms with Crippen LogP contribution in [0.1, 0.15) is 11.6 Å². The van der Waals surface area contributed by atoms with Crippen LogP contribution in [0, 0.1) is 0 Å². The van der Waals surface area contributed by atoms with Gasteiger partial charge in [0.05, 0.1) is 0 Å². The highest BCUT2D eigenvalue weighted by molar-refractivity contribution is 6.31. The number of rotatable bonds is 1. The largest absolute Gasteiger partial charge is 0.352 e. The highest BCUT2D eigenvalue weighted by atomic mass is 35.5. The van der Waals surface area contributed by atoms with Crippen molar-refractivity contribution in [2.75, 3.05) is 27.2 Å². The van der Waals surface area contributed by atoms with Crippen molar-refractivity contribution in [3.63, 3.8) is 0 Å². The number of urea groups is 1. The minimum Gasteiger partial charge on any atom is -0.352 e. The summed E-state index contributed by atoms with van der Waals surface area (Å²) in [6.07, 6.45) is 0. The molecular weight excluding hydrogens is 266 g/mol. The molecule has 19 heavy (non-hydrogen) atoms. The SMILES string of the molecule is CN(C)C(=O)N1CCNC(=O)C1c1ccccc1Cl. The van der Waals surface area contributed by atoms with Crippen LogP contribution in [0.4, 0.5) is 4.79 Å². The van der Waals surface area contributed by atoms with Gasteiger partial charge in [-0.1, -0.05) is 29.8 Å². The summed E-state index contributed by atoms with van der Waals surface area (Å²) in [5, 5.41) is 3.26. The highest BCUT2D eigenvalue weighted by Gasteiger charge is 2.36. The summed E-state index contributed by atoms with van der Waals surface area (Å²) < 4.78 is 0. The third-order valence-electron chi connectivity index (χ3n) is 3.04. The van der Waals surface area contributed by atoms with Crippen molar-refractivity contribution in [1.82, 2.24) is 15.1 Å². The Hall–Kier alpha value is -1.75. The maximum atomic E-state index is 12.2. The van der Waals surface area contributed by atoms with Crippen molar-refractivity contribution < 1.29 is 9.59 Å². The van der Waals surface area contributed by atoms with Gasteiger partial charge < -0.3 is 15.1 Å². The van der Waals surface area contributed by atoms with E-state index in [-0.39, 0.29) is 11.9 Å². The predicted octanol–water partition coefficient (Wildman–Crippen LogP) is 1.49. The van der Waals surface area contributed by atoms with Crippen LogP contribution in [0.25, 0.3) is 0 Å². The molecule has 0 bridgehead atoms. The molecule has 2 rings (SSSR count). The summed E-state index contributed by atoms with van der Waals surface area (Å²) in [6.45, 7) is 0.929. The summed E-state index contributed by atoms with van der Waals surface area (Å²) in [5.74, 6) is -0.199. The second-order valence-electron chi connectivity index (χ2n) is 4.59. The number of amides is 3. The molecule has 1 aromatic rings. The Labute approximate surface area is 117 Å². The fourth-order valence-electron chi connectivity index (χ4n) is 2.14. The number of carbonyl (C=O) groups excluding carboxylic acids is 2. The lowest BCUT2D eigenvalue weighted by molar-refractivity contribution is -0.128. The van der Waals surface area contributed by atoms with Crippen LogP contribution in [-0.2, 0) is 4.79 Å². The Morgan fingerprint density at radius 1 is 1.42 bits per heavy atom. The Morgan fingerprint density at radius 3 is 2.74 bits per heavy atom. The molecule has 1 saturated heterocycles. The lowest BCUT2D eigenvalue weighted by atomic mass is 10.0. The van der Waals surface area contributed by atoms with E-state index in [1.54, 1.807) is 43.3 Å². The molecule has 102 valence electrons.